The first-order valence-electron chi connectivity index (χ1n) is 5.34. The zero-order valence-electron chi connectivity index (χ0n) is 9.31. The number of benzene rings is 1. The third-order valence-electron chi connectivity index (χ3n) is 2.81. The van der Waals surface area contributed by atoms with Crippen molar-refractivity contribution in [1.82, 2.24) is 0 Å². The van der Waals surface area contributed by atoms with Crippen LogP contribution in [-0.4, -0.2) is 11.8 Å². The Kier molecular flexibility index (Phi) is 2.07. The van der Waals surface area contributed by atoms with E-state index in [1.54, 1.807) is 30.3 Å². The molecule has 0 fully saturated rings. The van der Waals surface area contributed by atoms with Gasteiger partial charge >= 0.3 is 0 Å². The molecule has 0 atom stereocenters. The number of carbonyl (C=O) groups excluding carboxylic acids is 2. The molecule has 0 saturated carbocycles. The maximum atomic E-state index is 12.2. The minimum absolute atomic E-state index is 0.338. The van der Waals surface area contributed by atoms with Gasteiger partial charge in [0.15, 0.2) is 0 Å². The fourth-order valence-electron chi connectivity index (χ4n) is 1.97. The summed E-state index contributed by atoms with van der Waals surface area (Å²) >= 11 is 0. The molecule has 3 rings (SSSR count). The van der Waals surface area contributed by atoms with Crippen molar-refractivity contribution in [3.05, 3.63) is 59.7 Å². The van der Waals surface area contributed by atoms with Gasteiger partial charge in [-0.1, -0.05) is 12.1 Å². The zero-order chi connectivity index (χ0) is 12.7. The number of anilines is 2. The molecule has 0 radical (unpaired) electrons. The highest BCUT2D eigenvalue weighted by atomic mass is 16.2. The Labute approximate surface area is 104 Å². The van der Waals surface area contributed by atoms with E-state index in [0.29, 0.717) is 22.5 Å². The van der Waals surface area contributed by atoms with Gasteiger partial charge in [-0.15, -0.1) is 0 Å². The molecule has 1 aliphatic heterocycles. The maximum absolute atomic E-state index is 12.2. The molecule has 0 bridgehead atoms. The van der Waals surface area contributed by atoms with Crippen LogP contribution in [0.5, 0.6) is 0 Å². The Morgan fingerprint density at radius 1 is 1.00 bits per heavy atom. The summed E-state index contributed by atoms with van der Waals surface area (Å²) in [5.74, 6) is -0.698. The van der Waals surface area contributed by atoms with Crippen LogP contribution in [0.2, 0.25) is 0 Å². The van der Waals surface area contributed by atoms with Gasteiger partial charge in [0.25, 0.3) is 11.8 Å². The summed E-state index contributed by atoms with van der Waals surface area (Å²) in [5.41, 5.74) is 7.29. The quantitative estimate of drug-likeness (QED) is 0.605. The second-order valence-corrected chi connectivity index (χ2v) is 3.94. The smallest absolute Gasteiger partial charge is 0.266 e. The van der Waals surface area contributed by atoms with Gasteiger partial charge < -0.3 is 5.73 Å². The van der Waals surface area contributed by atoms with Gasteiger partial charge in [-0.2, -0.15) is 0 Å². The minimum atomic E-state index is -0.359. The highest BCUT2D eigenvalue weighted by Crippen LogP contribution is 2.28. The average molecular weight is 236 g/mol. The summed E-state index contributed by atoms with van der Waals surface area (Å²) in [7, 11) is 0. The molecule has 18 heavy (non-hydrogen) atoms. The van der Waals surface area contributed by atoms with Crippen molar-refractivity contribution in [3.8, 4) is 0 Å². The van der Waals surface area contributed by atoms with E-state index in [1.807, 2.05) is 0 Å². The molecule has 0 aromatic heterocycles. The lowest BCUT2D eigenvalue weighted by Crippen LogP contribution is -2.29. The molecule has 1 heterocycles. The second-order valence-electron chi connectivity index (χ2n) is 3.94. The van der Waals surface area contributed by atoms with Crippen LogP contribution >= 0.6 is 0 Å². The molecule has 4 nitrogen and oxygen atoms in total. The van der Waals surface area contributed by atoms with Crippen LogP contribution in [-0.2, 0) is 0 Å². The van der Waals surface area contributed by atoms with Crippen LogP contribution in [0.1, 0.15) is 20.7 Å². The fraction of sp³-hybridized carbons (Fsp3) is 0. The average Bonchev–Trinajstić information content (AvgIpc) is 2.63. The zero-order valence-corrected chi connectivity index (χ0v) is 9.31. The molecule has 2 amide bonds. The van der Waals surface area contributed by atoms with Gasteiger partial charge in [-0.25, -0.2) is 4.90 Å². The summed E-state index contributed by atoms with van der Waals surface area (Å²) in [6.07, 6.45) is 0. The molecule has 4 heteroatoms. The summed E-state index contributed by atoms with van der Waals surface area (Å²) in [6, 6.07) is 14.9. The van der Waals surface area contributed by atoms with E-state index >= 15 is 0 Å². The third-order valence-corrected chi connectivity index (χ3v) is 2.81. The second kappa shape index (κ2) is 3.60. The monoisotopic (exact) mass is 236 g/mol. The SMILES string of the molecule is Nc1ccc2c(c1)C(=O)N(c1cc#ccc1)C2=O. The summed E-state index contributed by atoms with van der Waals surface area (Å²) in [5, 5.41) is 0. The molecule has 2 aromatic carbocycles. The van der Waals surface area contributed by atoms with Gasteiger partial charge in [0, 0.05) is 11.8 Å². The Hall–Kier alpha value is -2.80. The Morgan fingerprint density at radius 3 is 2.50 bits per heavy atom. The van der Waals surface area contributed by atoms with Crippen LogP contribution in [0.3, 0.4) is 0 Å². The Balaban J connectivity index is 2.13. The van der Waals surface area contributed by atoms with E-state index in [1.165, 1.54) is 6.07 Å². The Bertz CT molecular complexity index is 650. The van der Waals surface area contributed by atoms with Gasteiger partial charge in [0.2, 0.25) is 0 Å². The van der Waals surface area contributed by atoms with Gasteiger partial charge in [0.1, 0.15) is 0 Å². The normalized spacial score (nSPS) is 13.4. The minimum Gasteiger partial charge on any atom is -0.399 e. The predicted octanol–water partition coefficient (Wildman–Crippen LogP) is 1.67. The number of nitrogens with two attached hydrogens (primary N) is 1. The van der Waals surface area contributed by atoms with E-state index in [0.717, 1.165) is 4.90 Å². The number of rotatable bonds is 1. The van der Waals surface area contributed by atoms with Crippen LogP contribution in [0.25, 0.3) is 0 Å². The number of carbonyl (C=O) groups is 2. The summed E-state index contributed by atoms with van der Waals surface area (Å²) < 4.78 is 0. The van der Waals surface area contributed by atoms with Crippen LogP contribution in [0.4, 0.5) is 11.4 Å². The van der Waals surface area contributed by atoms with E-state index in [4.69, 9.17) is 5.73 Å². The van der Waals surface area contributed by atoms with Crippen LogP contribution in [0.15, 0.2) is 36.4 Å². The molecule has 0 aliphatic carbocycles. The lowest BCUT2D eigenvalue weighted by molar-refractivity contribution is 0.0926. The van der Waals surface area contributed by atoms with Crippen LogP contribution < -0.4 is 10.6 Å². The molecular weight excluding hydrogens is 228 g/mol. The number of nitrogens with zero attached hydrogens (tertiary/aromatic N) is 1. The molecule has 0 spiro atoms. The van der Waals surface area contributed by atoms with E-state index < -0.39 is 0 Å². The van der Waals surface area contributed by atoms with E-state index in [2.05, 4.69) is 12.1 Å². The standard InChI is InChI=1S/C14H8N2O2/c15-9-6-7-11-12(8-9)14(18)16(13(11)17)10-4-2-1-3-5-10/h2,4-8H,15H2. The molecule has 1 aliphatic rings. The highest BCUT2D eigenvalue weighted by molar-refractivity contribution is 6.34. The van der Waals surface area contributed by atoms with Crippen molar-refractivity contribution in [2.45, 2.75) is 0 Å². The van der Waals surface area contributed by atoms with Gasteiger partial charge in [-0.3, -0.25) is 9.59 Å². The molecule has 86 valence electrons. The topological polar surface area (TPSA) is 63.4 Å². The van der Waals surface area contributed by atoms with Crippen molar-refractivity contribution in [1.29, 1.82) is 0 Å². The largest absolute Gasteiger partial charge is 0.399 e. The number of nitrogen functional groups attached to an aromatic ring is 1. The molecule has 2 aromatic rings. The van der Waals surface area contributed by atoms with E-state index in [9.17, 15) is 9.59 Å². The lowest BCUT2D eigenvalue weighted by atomic mass is 10.1. The number of imide groups is 1. The van der Waals surface area contributed by atoms with Gasteiger partial charge in [0.05, 0.1) is 16.8 Å². The summed E-state index contributed by atoms with van der Waals surface area (Å²) in [6.45, 7) is 0. The first kappa shape index (κ1) is 10.4. The van der Waals surface area contributed by atoms with Crippen molar-refractivity contribution < 1.29 is 9.59 Å². The van der Waals surface area contributed by atoms with Crippen LogP contribution in [0, 0.1) is 12.1 Å². The predicted molar refractivity (Wildman–Crippen MR) is 66.1 cm³/mol. The van der Waals surface area contributed by atoms with E-state index in [-0.39, 0.29) is 11.8 Å². The summed E-state index contributed by atoms with van der Waals surface area (Å²) in [4.78, 5) is 25.5. The molecular formula is C14H8N2O2. The fourth-order valence-corrected chi connectivity index (χ4v) is 1.97. The van der Waals surface area contributed by atoms with Gasteiger partial charge in [-0.05, 0) is 30.3 Å². The lowest BCUT2D eigenvalue weighted by Gasteiger charge is -2.12. The molecule has 2 N–H and O–H groups in total. The van der Waals surface area contributed by atoms with Crippen molar-refractivity contribution in [3.63, 3.8) is 0 Å². The molecule has 0 saturated heterocycles. The number of fused-ring (bicyclic) bond motifs is 1. The number of hydrogen-bond donors (Lipinski definition) is 1. The van der Waals surface area contributed by atoms with Crippen molar-refractivity contribution in [2.75, 3.05) is 10.6 Å². The highest BCUT2D eigenvalue weighted by Gasteiger charge is 2.36. The maximum Gasteiger partial charge on any atom is 0.266 e. The first-order valence-corrected chi connectivity index (χ1v) is 5.34. The Morgan fingerprint density at radius 2 is 1.78 bits per heavy atom. The first-order chi connectivity index (χ1) is 8.68. The van der Waals surface area contributed by atoms with Crippen molar-refractivity contribution in [2.24, 2.45) is 0 Å². The third kappa shape index (κ3) is 1.35. The molecule has 0 unspecified atom stereocenters. The number of hydrogen-bond acceptors (Lipinski definition) is 3. The van der Waals surface area contributed by atoms with Crippen molar-refractivity contribution >= 4 is 23.2 Å². The number of amides is 2.